The summed E-state index contributed by atoms with van der Waals surface area (Å²) in [7, 11) is 2.03. The van der Waals surface area contributed by atoms with Crippen LogP contribution in [-0.4, -0.2) is 25.7 Å². The molecule has 0 aromatic heterocycles. The van der Waals surface area contributed by atoms with Crippen molar-refractivity contribution < 1.29 is 0 Å². The maximum atomic E-state index is 3.35. The molecule has 17 heavy (non-hydrogen) atoms. The molecule has 0 unspecified atom stereocenters. The van der Waals surface area contributed by atoms with Gasteiger partial charge < -0.3 is 10.2 Å². The van der Waals surface area contributed by atoms with E-state index in [1.807, 2.05) is 7.05 Å². The van der Waals surface area contributed by atoms with Gasteiger partial charge in [-0.25, -0.2) is 0 Å². The van der Waals surface area contributed by atoms with Crippen LogP contribution < -0.4 is 10.2 Å². The molecule has 1 aromatic carbocycles. The van der Waals surface area contributed by atoms with Crippen molar-refractivity contribution in [2.75, 3.05) is 25.0 Å². The molecule has 1 aliphatic rings. The molecular formula is C15H24N2. The third-order valence-electron chi connectivity index (χ3n) is 3.73. The van der Waals surface area contributed by atoms with Crippen molar-refractivity contribution in [2.24, 2.45) is 0 Å². The van der Waals surface area contributed by atoms with Crippen LogP contribution in [0.1, 0.15) is 32.3 Å². The molecule has 1 fully saturated rings. The fraction of sp³-hybridized carbons (Fsp3) is 0.600. The monoisotopic (exact) mass is 232 g/mol. The van der Waals surface area contributed by atoms with Crippen molar-refractivity contribution in [1.29, 1.82) is 0 Å². The molecule has 0 amide bonds. The number of benzene rings is 1. The molecule has 1 N–H and O–H groups in total. The second-order valence-corrected chi connectivity index (χ2v) is 5.67. The number of rotatable bonds is 4. The molecule has 1 saturated heterocycles. The van der Waals surface area contributed by atoms with Gasteiger partial charge in [0.2, 0.25) is 0 Å². The summed E-state index contributed by atoms with van der Waals surface area (Å²) in [6, 6.07) is 9.08. The number of hydrogen-bond donors (Lipinski definition) is 1. The highest BCUT2D eigenvalue weighted by atomic mass is 15.1. The highest BCUT2D eigenvalue weighted by Gasteiger charge is 2.16. The first-order valence-electron chi connectivity index (χ1n) is 6.63. The lowest BCUT2D eigenvalue weighted by Crippen LogP contribution is -2.38. The van der Waals surface area contributed by atoms with Gasteiger partial charge in [-0.2, -0.15) is 0 Å². The molecule has 0 aliphatic carbocycles. The van der Waals surface area contributed by atoms with Crippen LogP contribution in [0.4, 0.5) is 5.69 Å². The summed E-state index contributed by atoms with van der Waals surface area (Å²) in [5.74, 6) is 0. The van der Waals surface area contributed by atoms with Gasteiger partial charge in [-0.1, -0.05) is 12.1 Å². The standard InChI is InChI=1S/C15H24N2/c1-15(2,16-3)12-13-6-8-14(9-7-13)17-10-4-5-11-17/h6-9,16H,4-5,10-12H2,1-3H3. The van der Waals surface area contributed by atoms with E-state index >= 15 is 0 Å². The van der Waals surface area contributed by atoms with Crippen LogP contribution in [-0.2, 0) is 6.42 Å². The lowest BCUT2D eigenvalue weighted by molar-refractivity contribution is 0.422. The van der Waals surface area contributed by atoms with Crippen LogP contribution >= 0.6 is 0 Å². The topological polar surface area (TPSA) is 15.3 Å². The molecule has 0 atom stereocenters. The SMILES string of the molecule is CNC(C)(C)Cc1ccc(N2CCCC2)cc1. The molecule has 2 heteroatoms. The van der Waals surface area contributed by atoms with Crippen LogP contribution in [0.15, 0.2) is 24.3 Å². The van der Waals surface area contributed by atoms with E-state index in [0.29, 0.717) is 0 Å². The van der Waals surface area contributed by atoms with Gasteiger partial charge in [-0.15, -0.1) is 0 Å². The predicted molar refractivity (Wildman–Crippen MR) is 74.7 cm³/mol. The third-order valence-corrected chi connectivity index (χ3v) is 3.73. The average Bonchev–Trinajstić information content (AvgIpc) is 2.83. The zero-order chi connectivity index (χ0) is 12.3. The molecule has 1 heterocycles. The lowest BCUT2D eigenvalue weighted by Gasteiger charge is -2.24. The Morgan fingerprint density at radius 2 is 1.71 bits per heavy atom. The Hall–Kier alpha value is -1.02. The minimum atomic E-state index is 0.176. The number of nitrogens with one attached hydrogen (secondary N) is 1. The number of anilines is 1. The summed E-state index contributed by atoms with van der Waals surface area (Å²) in [5, 5.41) is 3.35. The quantitative estimate of drug-likeness (QED) is 0.858. The van der Waals surface area contributed by atoms with Crippen molar-refractivity contribution in [2.45, 2.75) is 38.6 Å². The smallest absolute Gasteiger partial charge is 0.0366 e. The summed E-state index contributed by atoms with van der Waals surface area (Å²) >= 11 is 0. The maximum absolute atomic E-state index is 3.35. The Balaban J connectivity index is 2.02. The molecule has 2 rings (SSSR count). The molecule has 2 nitrogen and oxygen atoms in total. The van der Waals surface area contributed by atoms with E-state index < -0.39 is 0 Å². The van der Waals surface area contributed by atoms with E-state index in [1.165, 1.54) is 37.2 Å². The van der Waals surface area contributed by atoms with E-state index in [9.17, 15) is 0 Å². The van der Waals surface area contributed by atoms with E-state index in [4.69, 9.17) is 0 Å². The van der Waals surface area contributed by atoms with Crippen LogP contribution in [0.2, 0.25) is 0 Å². The van der Waals surface area contributed by atoms with Gasteiger partial charge in [0.15, 0.2) is 0 Å². The zero-order valence-electron chi connectivity index (χ0n) is 11.3. The van der Waals surface area contributed by atoms with Gasteiger partial charge in [-0.05, 0) is 57.9 Å². The highest BCUT2D eigenvalue weighted by Crippen LogP contribution is 2.21. The summed E-state index contributed by atoms with van der Waals surface area (Å²) in [5.41, 5.74) is 2.97. The minimum Gasteiger partial charge on any atom is -0.372 e. The normalized spacial score (nSPS) is 16.5. The first-order valence-corrected chi connectivity index (χ1v) is 6.63. The predicted octanol–water partition coefficient (Wildman–Crippen LogP) is 2.83. The molecular weight excluding hydrogens is 208 g/mol. The van der Waals surface area contributed by atoms with Crippen LogP contribution in [0.25, 0.3) is 0 Å². The number of likely N-dealkylation sites (N-methyl/N-ethyl adjacent to an activating group) is 1. The largest absolute Gasteiger partial charge is 0.372 e. The van der Waals surface area contributed by atoms with E-state index in [1.54, 1.807) is 0 Å². The summed E-state index contributed by atoms with van der Waals surface area (Å²) in [4.78, 5) is 2.48. The molecule has 0 radical (unpaired) electrons. The molecule has 0 bridgehead atoms. The van der Waals surface area contributed by atoms with Crippen LogP contribution in [0.3, 0.4) is 0 Å². The van der Waals surface area contributed by atoms with Gasteiger partial charge >= 0.3 is 0 Å². The van der Waals surface area contributed by atoms with Gasteiger partial charge in [0.25, 0.3) is 0 Å². The lowest BCUT2D eigenvalue weighted by atomic mass is 9.95. The Labute approximate surface area is 105 Å². The summed E-state index contributed by atoms with van der Waals surface area (Å²) in [6.45, 7) is 6.92. The molecule has 1 aromatic rings. The van der Waals surface area contributed by atoms with Gasteiger partial charge in [0, 0.05) is 24.3 Å². The Morgan fingerprint density at radius 3 is 2.24 bits per heavy atom. The van der Waals surface area contributed by atoms with Gasteiger partial charge in [-0.3, -0.25) is 0 Å². The van der Waals surface area contributed by atoms with Gasteiger partial charge in [0.1, 0.15) is 0 Å². The first kappa shape index (κ1) is 12.4. The van der Waals surface area contributed by atoms with Crippen LogP contribution in [0, 0.1) is 0 Å². The fourth-order valence-corrected chi connectivity index (χ4v) is 2.40. The summed E-state index contributed by atoms with van der Waals surface area (Å²) in [6.07, 6.45) is 3.76. The van der Waals surface area contributed by atoms with Crippen LogP contribution in [0.5, 0.6) is 0 Å². The molecule has 1 aliphatic heterocycles. The molecule has 0 spiro atoms. The van der Waals surface area contributed by atoms with Crippen molar-refractivity contribution in [3.63, 3.8) is 0 Å². The molecule has 94 valence electrons. The van der Waals surface area contributed by atoms with Crippen molar-refractivity contribution in [1.82, 2.24) is 5.32 Å². The maximum Gasteiger partial charge on any atom is 0.0366 e. The molecule has 0 saturated carbocycles. The summed E-state index contributed by atoms with van der Waals surface area (Å²) < 4.78 is 0. The Bertz CT molecular complexity index is 348. The van der Waals surface area contributed by atoms with Crippen molar-refractivity contribution in [3.8, 4) is 0 Å². The Morgan fingerprint density at radius 1 is 1.12 bits per heavy atom. The second-order valence-electron chi connectivity index (χ2n) is 5.67. The van der Waals surface area contributed by atoms with Gasteiger partial charge in [0.05, 0.1) is 0 Å². The Kier molecular flexibility index (Phi) is 3.72. The fourth-order valence-electron chi connectivity index (χ4n) is 2.40. The highest BCUT2D eigenvalue weighted by molar-refractivity contribution is 5.48. The minimum absolute atomic E-state index is 0.176. The number of hydrogen-bond acceptors (Lipinski definition) is 2. The first-order chi connectivity index (χ1) is 8.11. The van der Waals surface area contributed by atoms with E-state index in [-0.39, 0.29) is 5.54 Å². The third kappa shape index (κ3) is 3.22. The van der Waals surface area contributed by atoms with E-state index in [2.05, 4.69) is 48.3 Å². The second kappa shape index (κ2) is 5.09. The van der Waals surface area contributed by atoms with E-state index in [0.717, 1.165) is 6.42 Å². The van der Waals surface area contributed by atoms with Crippen molar-refractivity contribution >= 4 is 5.69 Å². The number of nitrogens with zero attached hydrogens (tertiary/aromatic N) is 1. The zero-order valence-corrected chi connectivity index (χ0v) is 11.3. The van der Waals surface area contributed by atoms with Crippen molar-refractivity contribution in [3.05, 3.63) is 29.8 Å². The average molecular weight is 232 g/mol.